The average Bonchev–Trinajstić information content (AvgIpc) is 2.53. The first kappa shape index (κ1) is 17.2. The van der Waals surface area contributed by atoms with Crippen LogP contribution in [0.15, 0.2) is 60.7 Å². The molecular weight excluding hydrogens is 327 g/mol. The van der Waals surface area contributed by atoms with Gasteiger partial charge in [-0.05, 0) is 36.4 Å². The molecule has 23 heavy (non-hydrogen) atoms. The summed E-state index contributed by atoms with van der Waals surface area (Å²) < 4.78 is 45.5. The maximum absolute atomic E-state index is 9.75. The van der Waals surface area contributed by atoms with E-state index in [0.717, 1.165) is 5.75 Å². The van der Waals surface area contributed by atoms with Gasteiger partial charge in [0.05, 0.1) is 7.11 Å². The van der Waals surface area contributed by atoms with E-state index in [1.165, 1.54) is 20.5 Å². The highest BCUT2D eigenvalue weighted by atomic mass is 32.1. The normalized spacial score (nSPS) is 10.8. The highest BCUT2D eigenvalue weighted by Gasteiger charge is 2.20. The van der Waals surface area contributed by atoms with Crippen LogP contribution in [0.2, 0.25) is 0 Å². The van der Waals surface area contributed by atoms with Crippen LogP contribution in [0.1, 0.15) is 0 Å². The van der Waals surface area contributed by atoms with E-state index in [0.29, 0.717) is 0 Å². The van der Waals surface area contributed by atoms with Gasteiger partial charge in [0.2, 0.25) is 20.9 Å². The fourth-order valence-electron chi connectivity index (χ4n) is 1.94. The Balaban J connectivity index is 0.000000338. The van der Waals surface area contributed by atoms with Crippen LogP contribution < -0.4 is 4.74 Å². The highest BCUT2D eigenvalue weighted by molar-refractivity contribution is 7.21. The van der Waals surface area contributed by atoms with E-state index in [1.807, 2.05) is 23.5 Å². The standard InChI is InChI=1S/C16H13OS.BF4/c1-17-14-9-6-13(7-10-14)16-11-8-12-4-2-3-5-15(12)18-16;2-1(3,4)5/h2-11H,1H3;/q+1;-1. The molecule has 3 aromatic rings. The Morgan fingerprint density at radius 1 is 0.826 bits per heavy atom. The molecule has 0 fully saturated rings. The quantitative estimate of drug-likeness (QED) is 0.308. The molecule has 1 heterocycles. The topological polar surface area (TPSA) is 9.23 Å². The Hall–Kier alpha value is -2.15. The minimum Gasteiger partial charge on any atom is -0.497 e. The zero-order valence-electron chi connectivity index (χ0n) is 12.2. The molecule has 0 radical (unpaired) electrons. The molecule has 0 saturated heterocycles. The fourth-order valence-corrected chi connectivity index (χ4v) is 2.97. The largest absolute Gasteiger partial charge is 0.673 e. The molecule has 0 unspecified atom stereocenters. The van der Waals surface area contributed by atoms with Gasteiger partial charge in [-0.25, -0.2) is 0 Å². The summed E-state index contributed by atoms with van der Waals surface area (Å²) in [6.45, 7) is 0. The Bertz CT molecular complexity index is 769. The number of fused-ring (bicyclic) bond motifs is 1. The number of hydrogen-bond donors (Lipinski definition) is 0. The van der Waals surface area contributed by atoms with Crippen molar-refractivity contribution in [1.29, 1.82) is 0 Å². The second kappa shape index (κ2) is 7.41. The third-order valence-electron chi connectivity index (χ3n) is 2.93. The van der Waals surface area contributed by atoms with Crippen LogP contribution in [-0.4, -0.2) is 14.4 Å². The van der Waals surface area contributed by atoms with Gasteiger partial charge >= 0.3 is 7.25 Å². The van der Waals surface area contributed by atoms with Crippen LogP contribution in [0.4, 0.5) is 17.3 Å². The van der Waals surface area contributed by atoms with Gasteiger partial charge in [-0.3, -0.25) is 0 Å². The lowest BCUT2D eigenvalue weighted by atomic mass is 10.1. The van der Waals surface area contributed by atoms with E-state index in [4.69, 9.17) is 4.74 Å². The fraction of sp³-hybridized carbons (Fsp3) is 0.0625. The van der Waals surface area contributed by atoms with Crippen LogP contribution in [0.25, 0.3) is 20.5 Å². The third-order valence-corrected chi connectivity index (χ3v) is 4.11. The van der Waals surface area contributed by atoms with Crippen LogP contribution in [0.3, 0.4) is 0 Å². The molecule has 1 nitrogen and oxygen atoms in total. The van der Waals surface area contributed by atoms with Crippen LogP contribution in [-0.2, 0) is 0 Å². The molecule has 0 bridgehead atoms. The lowest BCUT2D eigenvalue weighted by Gasteiger charge is -1.99. The van der Waals surface area contributed by atoms with Crippen LogP contribution >= 0.6 is 11.3 Å². The van der Waals surface area contributed by atoms with Gasteiger partial charge in [0.1, 0.15) is 5.75 Å². The first-order valence-corrected chi connectivity index (χ1v) is 7.52. The van der Waals surface area contributed by atoms with Crippen LogP contribution in [0.5, 0.6) is 5.75 Å². The number of ether oxygens (including phenoxy) is 1. The predicted octanol–water partition coefficient (Wildman–Crippen LogP) is 6.16. The van der Waals surface area contributed by atoms with Gasteiger partial charge in [-0.1, -0.05) is 12.1 Å². The lowest BCUT2D eigenvalue weighted by Crippen LogP contribution is -2.02. The average molecular weight is 340 g/mol. The molecule has 0 aliphatic rings. The molecule has 0 aliphatic carbocycles. The summed E-state index contributed by atoms with van der Waals surface area (Å²) >= 11 is 1.81. The number of rotatable bonds is 2. The predicted molar refractivity (Wildman–Crippen MR) is 88.4 cm³/mol. The highest BCUT2D eigenvalue weighted by Crippen LogP contribution is 2.30. The van der Waals surface area contributed by atoms with E-state index < -0.39 is 7.25 Å². The minimum atomic E-state index is -6.00. The molecule has 0 spiro atoms. The van der Waals surface area contributed by atoms with Crippen molar-refractivity contribution in [2.75, 3.05) is 7.11 Å². The first-order valence-electron chi connectivity index (χ1n) is 6.70. The number of halogens is 4. The van der Waals surface area contributed by atoms with Gasteiger partial charge in [-0.2, -0.15) is 0 Å². The SMILES string of the molecule is COc1ccc(-c2ccc3ccccc3[s+]2)cc1.F[B-](F)(F)F. The van der Waals surface area contributed by atoms with Crippen LogP contribution in [0, 0.1) is 0 Å². The first-order chi connectivity index (χ1) is 10.9. The summed E-state index contributed by atoms with van der Waals surface area (Å²) in [6, 6.07) is 21.0. The van der Waals surface area contributed by atoms with E-state index in [9.17, 15) is 17.3 Å². The van der Waals surface area contributed by atoms with Crippen molar-refractivity contribution in [2.24, 2.45) is 0 Å². The van der Waals surface area contributed by atoms with E-state index in [1.54, 1.807) is 7.11 Å². The van der Waals surface area contributed by atoms with E-state index in [-0.39, 0.29) is 0 Å². The minimum absolute atomic E-state index is 0.893. The summed E-state index contributed by atoms with van der Waals surface area (Å²) in [5.74, 6) is 0.893. The summed E-state index contributed by atoms with van der Waals surface area (Å²) in [7, 11) is -4.31. The smallest absolute Gasteiger partial charge is 0.497 e. The molecular formula is C16H13BF4OS. The Kier molecular flexibility index (Phi) is 5.55. The lowest BCUT2D eigenvalue weighted by molar-refractivity contribution is 0.368. The van der Waals surface area contributed by atoms with Crippen molar-refractivity contribution in [3.63, 3.8) is 0 Å². The molecule has 1 aromatic heterocycles. The van der Waals surface area contributed by atoms with Gasteiger partial charge in [0.25, 0.3) is 0 Å². The van der Waals surface area contributed by atoms with Crippen molar-refractivity contribution in [3.05, 3.63) is 60.7 Å². The molecule has 0 saturated carbocycles. The van der Waals surface area contributed by atoms with Gasteiger partial charge in [0, 0.05) is 23.1 Å². The van der Waals surface area contributed by atoms with Crippen molar-refractivity contribution < 1.29 is 22.0 Å². The Labute approximate surface area is 135 Å². The van der Waals surface area contributed by atoms with E-state index >= 15 is 0 Å². The maximum Gasteiger partial charge on any atom is 0.673 e. The summed E-state index contributed by atoms with van der Waals surface area (Å²) in [6.07, 6.45) is 0. The van der Waals surface area contributed by atoms with Gasteiger partial charge < -0.3 is 22.0 Å². The van der Waals surface area contributed by atoms with E-state index in [2.05, 4.69) is 48.5 Å². The Morgan fingerprint density at radius 3 is 2.04 bits per heavy atom. The third kappa shape index (κ3) is 5.52. The molecule has 0 aliphatic heterocycles. The number of hydrogen-bond acceptors (Lipinski definition) is 1. The summed E-state index contributed by atoms with van der Waals surface area (Å²) in [4.78, 5) is 1.27. The molecule has 0 amide bonds. The summed E-state index contributed by atoms with van der Waals surface area (Å²) in [5.41, 5.74) is 1.23. The van der Waals surface area contributed by atoms with Crippen molar-refractivity contribution in [1.82, 2.24) is 0 Å². The van der Waals surface area contributed by atoms with Crippen molar-refractivity contribution in [2.45, 2.75) is 0 Å². The zero-order valence-corrected chi connectivity index (χ0v) is 13.0. The molecule has 120 valence electrons. The molecule has 0 N–H and O–H groups in total. The maximum atomic E-state index is 9.75. The second-order valence-electron chi connectivity index (χ2n) is 4.56. The van der Waals surface area contributed by atoms with Gasteiger partial charge in [-0.15, -0.1) is 0 Å². The number of methoxy groups -OCH3 is 1. The molecule has 7 heteroatoms. The Morgan fingerprint density at radius 2 is 1.43 bits per heavy atom. The molecule has 0 atom stereocenters. The van der Waals surface area contributed by atoms with Gasteiger partial charge in [0.15, 0.2) is 0 Å². The number of benzene rings is 2. The zero-order chi connectivity index (χ0) is 16.9. The monoisotopic (exact) mass is 340 g/mol. The molecule has 3 rings (SSSR count). The second-order valence-corrected chi connectivity index (χ2v) is 5.64. The van der Waals surface area contributed by atoms with Crippen molar-refractivity contribution in [3.8, 4) is 16.2 Å². The van der Waals surface area contributed by atoms with Crippen molar-refractivity contribution >= 4 is 28.7 Å². The summed E-state index contributed by atoms with van der Waals surface area (Å²) in [5, 5.41) is 1.29. The molecule has 2 aromatic carbocycles.